The van der Waals surface area contributed by atoms with Gasteiger partial charge in [-0.3, -0.25) is 0 Å². The van der Waals surface area contributed by atoms with Gasteiger partial charge in [-0.05, 0) is 18.8 Å². The van der Waals surface area contributed by atoms with E-state index in [1.165, 1.54) is 0 Å². The summed E-state index contributed by atoms with van der Waals surface area (Å²) in [6, 6.07) is -0.445. The van der Waals surface area contributed by atoms with Gasteiger partial charge in [-0.2, -0.15) is 0 Å². The number of carbonyl (C=O) groups excluding carboxylic acids is 1. The van der Waals surface area contributed by atoms with E-state index in [9.17, 15) is 14.7 Å². The third-order valence-corrected chi connectivity index (χ3v) is 3.68. The Labute approximate surface area is 111 Å². The molecule has 1 atom stereocenters. The Kier molecular flexibility index (Phi) is 4.60. The molecule has 0 aliphatic carbocycles. The van der Waals surface area contributed by atoms with Crippen molar-refractivity contribution < 1.29 is 24.2 Å². The van der Waals surface area contributed by atoms with Crippen molar-refractivity contribution in [2.45, 2.75) is 24.8 Å². The molecule has 0 bridgehead atoms. The summed E-state index contributed by atoms with van der Waals surface area (Å²) in [5.74, 6) is -0.647. The predicted molar refractivity (Wildman–Crippen MR) is 65.9 cm³/mol. The van der Waals surface area contributed by atoms with Gasteiger partial charge in [0.2, 0.25) is 0 Å². The highest BCUT2D eigenvalue weighted by atomic mass is 16.5. The normalized spacial score (nSPS) is 28.0. The number of carboxylic acids is 1. The lowest BCUT2D eigenvalue weighted by Crippen LogP contribution is -2.58. The van der Waals surface area contributed by atoms with Gasteiger partial charge in [0.05, 0.1) is 6.61 Å². The van der Waals surface area contributed by atoms with E-state index in [1.54, 1.807) is 0 Å². The molecule has 2 aliphatic rings. The van der Waals surface area contributed by atoms with Gasteiger partial charge in [-0.25, -0.2) is 9.59 Å². The predicted octanol–water partition coefficient (Wildman–Crippen LogP) is -0.0441. The van der Waals surface area contributed by atoms with Crippen LogP contribution in [0.5, 0.6) is 0 Å². The molecule has 7 nitrogen and oxygen atoms in total. The molecule has 3 N–H and O–H groups in total. The molecule has 2 heterocycles. The molecule has 2 amide bonds. The van der Waals surface area contributed by atoms with Crippen LogP contribution in [-0.2, 0) is 14.3 Å². The third-order valence-electron chi connectivity index (χ3n) is 3.68. The van der Waals surface area contributed by atoms with Gasteiger partial charge in [-0.1, -0.05) is 0 Å². The van der Waals surface area contributed by atoms with E-state index in [0.717, 1.165) is 26.1 Å². The van der Waals surface area contributed by atoms with Crippen molar-refractivity contribution in [1.82, 2.24) is 10.6 Å². The number of amides is 2. The number of nitrogens with one attached hydrogen (secondary N) is 2. The molecule has 0 radical (unpaired) electrons. The first-order valence-corrected chi connectivity index (χ1v) is 6.57. The summed E-state index contributed by atoms with van der Waals surface area (Å²) in [7, 11) is 0. The number of urea groups is 1. The van der Waals surface area contributed by atoms with Crippen molar-refractivity contribution in [2.24, 2.45) is 5.92 Å². The number of hydrogen-bond acceptors (Lipinski definition) is 4. The Morgan fingerprint density at radius 3 is 2.53 bits per heavy atom. The molecule has 2 rings (SSSR count). The number of aliphatic carboxylic acids is 1. The molecule has 2 fully saturated rings. The average molecular weight is 272 g/mol. The highest BCUT2D eigenvalue weighted by Gasteiger charge is 2.44. The second kappa shape index (κ2) is 6.21. The maximum absolute atomic E-state index is 11.8. The first kappa shape index (κ1) is 14.1. The summed E-state index contributed by atoms with van der Waals surface area (Å²) in [4.78, 5) is 23.0. The van der Waals surface area contributed by atoms with E-state index in [0.29, 0.717) is 25.5 Å². The maximum Gasteiger partial charge on any atom is 0.332 e. The lowest BCUT2D eigenvalue weighted by Gasteiger charge is -2.26. The average Bonchev–Trinajstić information content (AvgIpc) is 2.87. The van der Waals surface area contributed by atoms with Crippen LogP contribution in [0.4, 0.5) is 4.79 Å². The summed E-state index contributed by atoms with van der Waals surface area (Å²) >= 11 is 0. The van der Waals surface area contributed by atoms with Crippen LogP contribution in [0, 0.1) is 5.92 Å². The van der Waals surface area contributed by atoms with Crippen LogP contribution in [0.2, 0.25) is 0 Å². The Balaban J connectivity index is 1.78. The van der Waals surface area contributed by atoms with Crippen molar-refractivity contribution >= 4 is 12.0 Å². The molecule has 2 saturated heterocycles. The van der Waals surface area contributed by atoms with Gasteiger partial charge in [0.25, 0.3) is 0 Å². The van der Waals surface area contributed by atoms with E-state index < -0.39 is 17.5 Å². The smallest absolute Gasteiger partial charge is 0.332 e. The van der Waals surface area contributed by atoms with Crippen molar-refractivity contribution in [3.8, 4) is 0 Å². The Bertz CT molecular complexity index is 335. The van der Waals surface area contributed by atoms with E-state index in [4.69, 9.17) is 9.47 Å². The molecule has 0 spiro atoms. The maximum atomic E-state index is 11.8. The van der Waals surface area contributed by atoms with Crippen LogP contribution in [0.25, 0.3) is 0 Å². The van der Waals surface area contributed by atoms with Gasteiger partial charge in [0.15, 0.2) is 5.54 Å². The second-order valence-electron chi connectivity index (χ2n) is 5.08. The molecule has 0 saturated carbocycles. The largest absolute Gasteiger partial charge is 0.479 e. The molecule has 0 aromatic rings. The van der Waals surface area contributed by atoms with Crippen LogP contribution < -0.4 is 10.6 Å². The Hall–Kier alpha value is -1.34. The van der Waals surface area contributed by atoms with Gasteiger partial charge in [0.1, 0.15) is 0 Å². The number of carboxylic acid groups (broad SMARTS) is 1. The topological polar surface area (TPSA) is 96.9 Å². The first-order chi connectivity index (χ1) is 9.12. The number of hydrogen-bond donors (Lipinski definition) is 3. The highest BCUT2D eigenvalue weighted by molar-refractivity contribution is 5.86. The van der Waals surface area contributed by atoms with Gasteiger partial charge >= 0.3 is 12.0 Å². The number of carbonyl (C=O) groups is 2. The molecule has 7 heteroatoms. The Morgan fingerprint density at radius 2 is 1.95 bits per heavy atom. The first-order valence-electron chi connectivity index (χ1n) is 6.57. The van der Waals surface area contributed by atoms with Gasteiger partial charge in [-0.15, -0.1) is 0 Å². The van der Waals surface area contributed by atoms with Crippen LogP contribution >= 0.6 is 0 Å². The minimum atomic E-state index is -1.28. The van der Waals surface area contributed by atoms with Crippen molar-refractivity contribution in [1.29, 1.82) is 0 Å². The zero-order valence-corrected chi connectivity index (χ0v) is 10.8. The van der Waals surface area contributed by atoms with E-state index in [-0.39, 0.29) is 6.61 Å². The summed E-state index contributed by atoms with van der Waals surface area (Å²) in [6.07, 6.45) is 2.15. The molecule has 108 valence electrons. The fraction of sp³-hybridized carbons (Fsp3) is 0.833. The number of ether oxygens (including phenoxy) is 2. The van der Waals surface area contributed by atoms with E-state index in [1.807, 2.05) is 0 Å². The molecule has 0 aromatic heterocycles. The summed E-state index contributed by atoms with van der Waals surface area (Å²) in [5.41, 5.74) is -1.28. The fourth-order valence-corrected chi connectivity index (χ4v) is 2.33. The summed E-state index contributed by atoms with van der Waals surface area (Å²) in [6.45, 7) is 2.37. The van der Waals surface area contributed by atoms with Gasteiger partial charge in [0, 0.05) is 32.8 Å². The fourth-order valence-electron chi connectivity index (χ4n) is 2.33. The molecular formula is C12H20N2O5. The zero-order chi connectivity index (χ0) is 13.7. The minimum Gasteiger partial charge on any atom is -0.479 e. The van der Waals surface area contributed by atoms with Crippen LogP contribution in [-0.4, -0.2) is 55.6 Å². The van der Waals surface area contributed by atoms with Crippen LogP contribution in [0.1, 0.15) is 19.3 Å². The van der Waals surface area contributed by atoms with E-state index in [2.05, 4.69) is 10.6 Å². The quantitative estimate of drug-likeness (QED) is 0.667. The van der Waals surface area contributed by atoms with Crippen molar-refractivity contribution in [2.75, 3.05) is 33.0 Å². The SMILES string of the molecule is O=C(NCC1CCOCC1)NC1(C(=O)O)CCOC1. The van der Waals surface area contributed by atoms with Gasteiger partial charge < -0.3 is 25.2 Å². The lowest BCUT2D eigenvalue weighted by molar-refractivity contribution is -0.144. The Morgan fingerprint density at radius 1 is 1.21 bits per heavy atom. The van der Waals surface area contributed by atoms with Crippen molar-refractivity contribution in [3.05, 3.63) is 0 Å². The molecule has 2 aliphatic heterocycles. The van der Waals surface area contributed by atoms with Crippen molar-refractivity contribution in [3.63, 3.8) is 0 Å². The summed E-state index contributed by atoms with van der Waals surface area (Å²) < 4.78 is 10.3. The second-order valence-corrected chi connectivity index (χ2v) is 5.08. The highest BCUT2D eigenvalue weighted by Crippen LogP contribution is 2.19. The standard InChI is InChI=1S/C12H20N2O5/c15-10(16)12(3-6-19-8-12)14-11(17)13-7-9-1-4-18-5-2-9/h9H,1-8H2,(H,15,16)(H2,13,14,17). The van der Waals surface area contributed by atoms with E-state index >= 15 is 0 Å². The molecule has 0 aromatic carbocycles. The lowest BCUT2D eigenvalue weighted by atomic mass is 9.99. The minimum absolute atomic E-state index is 0.0209. The third kappa shape index (κ3) is 3.57. The molecule has 1 unspecified atom stereocenters. The molecule has 19 heavy (non-hydrogen) atoms. The van der Waals surface area contributed by atoms with Crippen LogP contribution in [0.3, 0.4) is 0 Å². The van der Waals surface area contributed by atoms with Crippen LogP contribution in [0.15, 0.2) is 0 Å². The summed E-state index contributed by atoms with van der Waals surface area (Å²) in [5, 5.41) is 14.5. The monoisotopic (exact) mass is 272 g/mol. The zero-order valence-electron chi connectivity index (χ0n) is 10.8. The number of rotatable bonds is 4. The molecular weight excluding hydrogens is 252 g/mol.